The van der Waals surface area contributed by atoms with Crippen LogP contribution in [0, 0.1) is 5.92 Å². The third-order valence-electron chi connectivity index (χ3n) is 6.76. The van der Waals surface area contributed by atoms with Crippen molar-refractivity contribution < 1.29 is 28.7 Å². The molecule has 3 rings (SSSR count). The number of carbonyl (C=O) groups is 4. The highest BCUT2D eigenvalue weighted by Gasteiger charge is 2.40. The largest absolute Gasteiger partial charge is 0.487 e. The van der Waals surface area contributed by atoms with Crippen LogP contribution in [0.2, 0.25) is 0 Å². The molecule has 1 aromatic rings. The molecule has 0 saturated carbocycles. The van der Waals surface area contributed by atoms with Gasteiger partial charge in [0.25, 0.3) is 0 Å². The van der Waals surface area contributed by atoms with Crippen LogP contribution in [0.15, 0.2) is 66.9 Å². The molecule has 202 valence electrons. The molecule has 1 aliphatic carbocycles. The van der Waals surface area contributed by atoms with Crippen molar-refractivity contribution >= 4 is 29.7 Å². The highest BCUT2D eigenvalue weighted by Crippen LogP contribution is 2.42. The first-order valence-corrected chi connectivity index (χ1v) is 12.8. The van der Waals surface area contributed by atoms with Gasteiger partial charge in [-0.1, -0.05) is 51.6 Å². The third kappa shape index (κ3) is 6.37. The Labute approximate surface area is 224 Å². The second kappa shape index (κ2) is 12.6. The highest BCUT2D eigenvalue weighted by atomic mass is 16.5. The first kappa shape index (κ1) is 28.8. The van der Waals surface area contributed by atoms with Crippen molar-refractivity contribution in [3.8, 4) is 5.75 Å². The molecule has 0 bridgehead atoms. The van der Waals surface area contributed by atoms with Crippen LogP contribution in [-0.2, 0) is 29.3 Å². The number of allylic oxidation sites excluding steroid dienone is 2. The topological polar surface area (TPSA) is 102 Å². The summed E-state index contributed by atoms with van der Waals surface area (Å²) in [6, 6.07) is 5.56. The van der Waals surface area contributed by atoms with E-state index < -0.39 is 11.5 Å². The van der Waals surface area contributed by atoms with Crippen LogP contribution in [0.25, 0.3) is 0 Å². The summed E-state index contributed by atoms with van der Waals surface area (Å²) in [5, 5.41) is 2.85. The number of nitrogens with one attached hydrogen (secondary N) is 1. The molecule has 2 atom stereocenters. The number of likely N-dealkylation sites (tertiary alicyclic amines) is 1. The molecular formula is C30H36N2O6. The van der Waals surface area contributed by atoms with Gasteiger partial charge < -0.3 is 19.6 Å². The summed E-state index contributed by atoms with van der Waals surface area (Å²) in [6.07, 6.45) is 8.01. The maximum atomic E-state index is 12.7. The number of amides is 3. The number of carbonyl (C=O) groups excluding carboxylic acids is 4. The Morgan fingerprint density at radius 3 is 2.47 bits per heavy atom. The van der Waals surface area contributed by atoms with E-state index >= 15 is 0 Å². The molecule has 0 radical (unpaired) electrons. The number of hydrogen-bond donors (Lipinski definition) is 1. The van der Waals surface area contributed by atoms with Crippen molar-refractivity contribution in [1.82, 2.24) is 4.90 Å². The Bertz CT molecular complexity index is 1160. The number of imide groups is 1. The monoisotopic (exact) mass is 520 g/mol. The van der Waals surface area contributed by atoms with Gasteiger partial charge in [-0.25, -0.2) is 0 Å². The number of hydrogen-bond acceptors (Lipinski definition) is 6. The van der Waals surface area contributed by atoms with Crippen LogP contribution in [-0.4, -0.2) is 48.2 Å². The average Bonchev–Trinajstić information content (AvgIpc) is 3.22. The maximum Gasteiger partial charge on any atom is 0.234 e. The second-order valence-corrected chi connectivity index (χ2v) is 9.90. The molecule has 1 N–H and O–H groups in total. The van der Waals surface area contributed by atoms with Gasteiger partial charge in [0.15, 0.2) is 0 Å². The Balaban J connectivity index is 2.03. The van der Waals surface area contributed by atoms with Gasteiger partial charge in [-0.3, -0.25) is 19.3 Å². The van der Waals surface area contributed by atoms with Gasteiger partial charge in [-0.2, -0.15) is 0 Å². The van der Waals surface area contributed by atoms with Crippen molar-refractivity contribution in [1.29, 1.82) is 0 Å². The smallest absolute Gasteiger partial charge is 0.234 e. The summed E-state index contributed by atoms with van der Waals surface area (Å²) in [6.45, 7) is 14.0. The zero-order valence-corrected chi connectivity index (χ0v) is 22.3. The minimum atomic E-state index is -0.575. The minimum Gasteiger partial charge on any atom is -0.487 e. The lowest BCUT2D eigenvalue weighted by atomic mass is 9.73. The van der Waals surface area contributed by atoms with E-state index in [-0.39, 0.29) is 62.5 Å². The number of anilines is 1. The van der Waals surface area contributed by atoms with E-state index in [1.165, 1.54) is 4.90 Å². The van der Waals surface area contributed by atoms with Crippen LogP contribution < -0.4 is 10.1 Å². The zero-order valence-electron chi connectivity index (χ0n) is 22.3. The molecule has 0 spiro atoms. The lowest BCUT2D eigenvalue weighted by molar-refractivity contribution is -0.137. The minimum absolute atomic E-state index is 0.0662. The van der Waals surface area contributed by atoms with Crippen LogP contribution in [0.5, 0.6) is 5.75 Å². The normalized spacial score (nSPS) is 19.5. The second-order valence-electron chi connectivity index (χ2n) is 9.90. The zero-order chi connectivity index (χ0) is 27.9. The van der Waals surface area contributed by atoms with Crippen LogP contribution >= 0.6 is 0 Å². The van der Waals surface area contributed by atoms with E-state index in [1.54, 1.807) is 18.2 Å². The van der Waals surface area contributed by atoms with Crippen LogP contribution in [0.1, 0.15) is 52.0 Å². The van der Waals surface area contributed by atoms with Gasteiger partial charge in [0, 0.05) is 37.0 Å². The quantitative estimate of drug-likeness (QED) is 0.231. The first-order chi connectivity index (χ1) is 18.1. The van der Waals surface area contributed by atoms with Gasteiger partial charge >= 0.3 is 0 Å². The Kier molecular flexibility index (Phi) is 9.58. The van der Waals surface area contributed by atoms with Crippen molar-refractivity contribution in [2.75, 3.05) is 18.5 Å². The molecule has 0 aromatic heterocycles. The fourth-order valence-electron chi connectivity index (χ4n) is 4.64. The molecule has 1 fully saturated rings. The third-order valence-corrected chi connectivity index (χ3v) is 6.76. The lowest BCUT2D eigenvalue weighted by Crippen LogP contribution is -2.40. The molecule has 8 heteroatoms. The molecule has 1 aliphatic heterocycles. The number of aldehydes is 1. The van der Waals surface area contributed by atoms with Gasteiger partial charge in [0.2, 0.25) is 17.7 Å². The number of nitrogens with zero attached hydrogens (tertiary/aromatic N) is 1. The lowest BCUT2D eigenvalue weighted by Gasteiger charge is -2.37. The van der Waals surface area contributed by atoms with E-state index in [0.29, 0.717) is 23.4 Å². The summed E-state index contributed by atoms with van der Waals surface area (Å²) in [7, 11) is 0. The van der Waals surface area contributed by atoms with Gasteiger partial charge in [-0.05, 0) is 29.3 Å². The van der Waals surface area contributed by atoms with Crippen LogP contribution in [0.3, 0.4) is 0 Å². The summed E-state index contributed by atoms with van der Waals surface area (Å²) in [4.78, 5) is 49.7. The predicted molar refractivity (Wildman–Crippen MR) is 145 cm³/mol. The number of rotatable bonds is 13. The van der Waals surface area contributed by atoms with Gasteiger partial charge in [-0.15, -0.1) is 6.58 Å². The molecule has 1 heterocycles. The summed E-state index contributed by atoms with van der Waals surface area (Å²) in [5.74, 6) is -0.399. The predicted octanol–water partition coefficient (Wildman–Crippen LogP) is 4.63. The fraction of sp³-hybridized carbons (Fsp3) is 0.400. The van der Waals surface area contributed by atoms with E-state index in [0.717, 1.165) is 11.1 Å². The van der Waals surface area contributed by atoms with Crippen LogP contribution in [0.4, 0.5) is 5.69 Å². The number of ether oxygens (including phenoxy) is 2. The summed E-state index contributed by atoms with van der Waals surface area (Å²) in [5.41, 5.74) is 2.23. The summed E-state index contributed by atoms with van der Waals surface area (Å²) < 4.78 is 11.8. The molecule has 8 nitrogen and oxygen atoms in total. The SMILES string of the molecule is C=CCOc1ccc(C(C)(C)C2=CC(C)C(OCC=C)C(N3C(=O)CCC3=O)=C2)cc1NC(=O)CCC=O. The molecule has 2 unspecified atom stereocenters. The average molecular weight is 521 g/mol. The molecule has 38 heavy (non-hydrogen) atoms. The van der Waals surface area contributed by atoms with Gasteiger partial charge in [0.05, 0.1) is 18.0 Å². The Morgan fingerprint density at radius 2 is 1.84 bits per heavy atom. The molecule has 3 amide bonds. The van der Waals surface area contributed by atoms with Crippen molar-refractivity contribution in [2.24, 2.45) is 5.92 Å². The van der Waals surface area contributed by atoms with Crippen molar-refractivity contribution in [3.63, 3.8) is 0 Å². The van der Waals surface area contributed by atoms with E-state index in [2.05, 4.69) is 24.6 Å². The fourth-order valence-corrected chi connectivity index (χ4v) is 4.64. The number of benzene rings is 1. The highest BCUT2D eigenvalue weighted by molar-refractivity contribution is 6.04. The molecule has 1 saturated heterocycles. The summed E-state index contributed by atoms with van der Waals surface area (Å²) >= 11 is 0. The standard InChI is InChI=1S/C30H36N2O6/c1-6-15-37-25-11-10-21(18-23(25)31-26(34)9-8-14-33)30(4,5)22-17-20(3)29(38-16-7-2)24(19-22)32-27(35)12-13-28(32)36/h6-7,10-11,14,17-20,29H,1-2,8-9,12-13,15-16H2,3-5H3,(H,31,34). The van der Waals surface area contributed by atoms with E-state index in [4.69, 9.17) is 9.47 Å². The Morgan fingerprint density at radius 1 is 1.16 bits per heavy atom. The Hall–Kier alpha value is -3.78. The van der Waals surface area contributed by atoms with E-state index in [9.17, 15) is 19.2 Å². The first-order valence-electron chi connectivity index (χ1n) is 12.8. The van der Waals surface area contributed by atoms with Crippen molar-refractivity contribution in [2.45, 2.75) is 58.0 Å². The van der Waals surface area contributed by atoms with Gasteiger partial charge in [0.1, 0.15) is 24.7 Å². The molecule has 2 aliphatic rings. The maximum absolute atomic E-state index is 12.7. The molecule has 1 aromatic carbocycles. The van der Waals surface area contributed by atoms with Crippen molar-refractivity contribution in [3.05, 3.63) is 72.5 Å². The molecular weight excluding hydrogens is 484 g/mol. The van der Waals surface area contributed by atoms with E-state index in [1.807, 2.05) is 39.0 Å².